The van der Waals surface area contributed by atoms with Crippen LogP contribution in [0.4, 0.5) is 4.39 Å². The summed E-state index contributed by atoms with van der Waals surface area (Å²) < 4.78 is 15.7. The maximum atomic E-state index is 14.0. The highest BCUT2D eigenvalue weighted by molar-refractivity contribution is 7.21. The number of rotatable bonds is 3. The summed E-state index contributed by atoms with van der Waals surface area (Å²) in [6.07, 6.45) is 1.42. The van der Waals surface area contributed by atoms with E-state index in [9.17, 15) is 19.1 Å². The monoisotopic (exact) mass is 304 g/mol. The van der Waals surface area contributed by atoms with E-state index in [0.29, 0.717) is 4.70 Å². The smallest absolute Gasteiger partial charge is 0.346 e. The highest BCUT2D eigenvalue weighted by atomic mass is 32.1. The van der Waals surface area contributed by atoms with Gasteiger partial charge in [0, 0.05) is 27.9 Å². The van der Waals surface area contributed by atoms with Crippen LogP contribution in [0.3, 0.4) is 0 Å². The molecule has 1 N–H and O–H groups in total. The average molecular weight is 304 g/mol. The van der Waals surface area contributed by atoms with Crippen LogP contribution in [0, 0.1) is 5.82 Å². The number of hydrogen-bond acceptors (Lipinski definition) is 4. The number of hydrogen-bond donors (Lipinski definition) is 1. The van der Waals surface area contributed by atoms with E-state index in [1.807, 2.05) is 0 Å². The van der Waals surface area contributed by atoms with Crippen molar-refractivity contribution in [2.45, 2.75) is 6.54 Å². The summed E-state index contributed by atoms with van der Waals surface area (Å²) in [4.78, 5) is 23.1. The summed E-state index contributed by atoms with van der Waals surface area (Å²) >= 11 is 0.989. The fraction of sp³-hybridized carbons (Fsp3) is 0.0714. The Kier molecular flexibility index (Phi) is 3.26. The van der Waals surface area contributed by atoms with Crippen LogP contribution in [0.2, 0.25) is 0 Å². The van der Waals surface area contributed by atoms with Crippen LogP contribution in [0.25, 0.3) is 10.1 Å². The minimum atomic E-state index is -1.14. The lowest BCUT2D eigenvalue weighted by molar-refractivity contribution is 0.0701. The third-order valence-electron chi connectivity index (χ3n) is 3.05. The molecule has 1 aromatic carbocycles. The van der Waals surface area contributed by atoms with Gasteiger partial charge in [0.25, 0.3) is 5.56 Å². The molecule has 0 radical (unpaired) electrons. The molecule has 0 unspecified atom stereocenters. The number of carbonyl (C=O) groups is 1. The third kappa shape index (κ3) is 2.31. The lowest BCUT2D eigenvalue weighted by atomic mass is 10.1. The Morgan fingerprint density at radius 1 is 1.33 bits per heavy atom. The van der Waals surface area contributed by atoms with Crippen molar-refractivity contribution >= 4 is 27.4 Å². The molecule has 0 aliphatic heterocycles. The predicted octanol–water partition coefficient (Wildman–Crippen LogP) is 2.34. The van der Waals surface area contributed by atoms with E-state index in [1.165, 1.54) is 30.5 Å². The molecule has 5 nitrogen and oxygen atoms in total. The summed E-state index contributed by atoms with van der Waals surface area (Å²) in [5.41, 5.74) is -0.106. The van der Waals surface area contributed by atoms with Gasteiger partial charge in [-0.2, -0.15) is 5.10 Å². The maximum absolute atomic E-state index is 14.0. The number of halogens is 1. The van der Waals surface area contributed by atoms with Crippen molar-refractivity contribution in [2.24, 2.45) is 0 Å². The lowest BCUT2D eigenvalue weighted by Crippen LogP contribution is -2.22. The Hall–Kier alpha value is -2.54. The Bertz CT molecular complexity index is 901. The Balaban J connectivity index is 2.25. The zero-order valence-electron chi connectivity index (χ0n) is 10.6. The van der Waals surface area contributed by atoms with E-state index in [-0.39, 0.29) is 27.9 Å². The number of carboxylic acids is 1. The van der Waals surface area contributed by atoms with Crippen molar-refractivity contribution in [3.63, 3.8) is 0 Å². The first-order valence-electron chi connectivity index (χ1n) is 6.03. The van der Waals surface area contributed by atoms with Crippen molar-refractivity contribution in [3.05, 3.63) is 63.1 Å². The normalized spacial score (nSPS) is 10.9. The number of benzene rings is 1. The molecule has 0 saturated carbocycles. The van der Waals surface area contributed by atoms with Crippen molar-refractivity contribution in [3.8, 4) is 0 Å². The van der Waals surface area contributed by atoms with Gasteiger partial charge in [0.05, 0.1) is 6.54 Å². The van der Waals surface area contributed by atoms with E-state index in [4.69, 9.17) is 0 Å². The molecule has 2 aromatic heterocycles. The molecule has 3 rings (SSSR count). The van der Waals surface area contributed by atoms with Crippen LogP contribution in [0.1, 0.15) is 15.2 Å². The van der Waals surface area contributed by atoms with Crippen LogP contribution >= 0.6 is 11.3 Å². The fourth-order valence-electron chi connectivity index (χ4n) is 2.15. The Labute approximate surface area is 121 Å². The van der Waals surface area contributed by atoms with E-state index < -0.39 is 11.8 Å². The molecule has 3 aromatic rings. The zero-order chi connectivity index (χ0) is 15.0. The van der Waals surface area contributed by atoms with Gasteiger partial charge < -0.3 is 5.11 Å². The predicted molar refractivity (Wildman–Crippen MR) is 76.3 cm³/mol. The van der Waals surface area contributed by atoms with Crippen molar-refractivity contribution < 1.29 is 14.3 Å². The number of aromatic nitrogens is 2. The first-order chi connectivity index (χ1) is 10.1. The zero-order valence-corrected chi connectivity index (χ0v) is 11.4. The highest BCUT2D eigenvalue weighted by Gasteiger charge is 2.20. The van der Waals surface area contributed by atoms with Gasteiger partial charge in [0.1, 0.15) is 10.7 Å². The van der Waals surface area contributed by atoms with Gasteiger partial charge in [0.2, 0.25) is 0 Å². The van der Waals surface area contributed by atoms with Gasteiger partial charge in [-0.1, -0.05) is 6.07 Å². The van der Waals surface area contributed by atoms with Crippen LogP contribution in [-0.2, 0) is 6.54 Å². The molecule has 0 fully saturated rings. The fourth-order valence-corrected chi connectivity index (χ4v) is 3.21. The largest absolute Gasteiger partial charge is 0.477 e. The number of fused-ring (bicyclic) bond motifs is 1. The summed E-state index contributed by atoms with van der Waals surface area (Å²) in [6.45, 7) is -0.0811. The first kappa shape index (κ1) is 13.4. The number of carboxylic acid groups (broad SMARTS) is 1. The molecule has 0 aliphatic rings. The van der Waals surface area contributed by atoms with Gasteiger partial charge in [-0.25, -0.2) is 13.9 Å². The van der Waals surface area contributed by atoms with Gasteiger partial charge in [-0.05, 0) is 18.2 Å². The molecule has 106 valence electrons. The molecule has 0 bridgehead atoms. The SMILES string of the molecule is O=C(O)c1sc2cccc(F)c2c1Cn1ncccc1=O. The van der Waals surface area contributed by atoms with Crippen LogP contribution < -0.4 is 5.56 Å². The van der Waals surface area contributed by atoms with E-state index >= 15 is 0 Å². The number of nitrogens with zero attached hydrogens (tertiary/aromatic N) is 2. The second kappa shape index (κ2) is 5.10. The minimum Gasteiger partial charge on any atom is -0.477 e. The Morgan fingerprint density at radius 3 is 2.86 bits per heavy atom. The average Bonchev–Trinajstić information content (AvgIpc) is 2.82. The van der Waals surface area contributed by atoms with Crippen LogP contribution in [0.15, 0.2) is 41.3 Å². The molecule has 0 atom stereocenters. The van der Waals surface area contributed by atoms with Gasteiger partial charge in [-0.15, -0.1) is 11.3 Å². The van der Waals surface area contributed by atoms with Crippen molar-refractivity contribution in [1.29, 1.82) is 0 Å². The third-order valence-corrected chi connectivity index (χ3v) is 4.24. The topological polar surface area (TPSA) is 72.2 Å². The van der Waals surface area contributed by atoms with Gasteiger partial charge >= 0.3 is 5.97 Å². The minimum absolute atomic E-state index is 0.0210. The highest BCUT2D eigenvalue weighted by Crippen LogP contribution is 2.33. The maximum Gasteiger partial charge on any atom is 0.346 e. The molecule has 0 spiro atoms. The molecular formula is C14H9FN2O3S. The molecule has 0 saturated heterocycles. The summed E-state index contributed by atoms with van der Waals surface area (Å²) in [5, 5.41) is 13.4. The number of thiophene rings is 1. The van der Waals surface area contributed by atoms with Crippen LogP contribution in [-0.4, -0.2) is 20.9 Å². The van der Waals surface area contributed by atoms with Crippen LogP contribution in [0.5, 0.6) is 0 Å². The van der Waals surface area contributed by atoms with Gasteiger partial charge in [0.15, 0.2) is 0 Å². The molecule has 0 amide bonds. The quantitative estimate of drug-likeness (QED) is 0.806. The molecule has 0 aliphatic carbocycles. The van der Waals surface area contributed by atoms with E-state index in [0.717, 1.165) is 16.0 Å². The summed E-state index contributed by atoms with van der Waals surface area (Å²) in [6, 6.07) is 7.25. The molecule has 7 heteroatoms. The Morgan fingerprint density at radius 2 is 2.14 bits per heavy atom. The lowest BCUT2D eigenvalue weighted by Gasteiger charge is -2.05. The van der Waals surface area contributed by atoms with Crippen molar-refractivity contribution in [2.75, 3.05) is 0 Å². The molecule has 2 heterocycles. The standard InChI is InChI=1S/C14H9FN2O3S/c15-9-3-1-4-10-12(9)8(13(21-10)14(19)20)7-17-11(18)5-2-6-16-17/h1-6H,7H2,(H,19,20). The summed E-state index contributed by atoms with van der Waals surface area (Å²) in [7, 11) is 0. The second-order valence-corrected chi connectivity index (χ2v) is 5.40. The number of aromatic carboxylic acids is 1. The van der Waals surface area contributed by atoms with E-state index in [1.54, 1.807) is 6.07 Å². The first-order valence-corrected chi connectivity index (χ1v) is 6.85. The van der Waals surface area contributed by atoms with E-state index in [2.05, 4.69) is 5.10 Å². The molecule has 21 heavy (non-hydrogen) atoms. The molecular weight excluding hydrogens is 295 g/mol. The van der Waals surface area contributed by atoms with Crippen molar-refractivity contribution in [1.82, 2.24) is 9.78 Å². The van der Waals surface area contributed by atoms with Gasteiger partial charge in [-0.3, -0.25) is 4.79 Å². The second-order valence-electron chi connectivity index (χ2n) is 4.35. The summed E-state index contributed by atoms with van der Waals surface area (Å²) in [5.74, 6) is -1.65.